The topological polar surface area (TPSA) is 45.4 Å². The monoisotopic (exact) mass is 360 g/mol. The molecule has 0 spiro atoms. The fraction of sp³-hybridized carbons (Fsp3) is 0.0667. The van der Waals surface area contributed by atoms with Crippen molar-refractivity contribution in [3.63, 3.8) is 0 Å². The van der Waals surface area contributed by atoms with E-state index in [2.05, 4.69) is 48.5 Å². The Hall–Kier alpha value is -1.92. The highest BCUT2D eigenvalue weighted by atomic mass is 79.9. The van der Waals surface area contributed by atoms with Crippen LogP contribution in [0.5, 0.6) is 0 Å². The second-order valence-corrected chi connectivity index (χ2v) is 6.07. The van der Waals surface area contributed by atoms with Gasteiger partial charge in [0.25, 0.3) is 0 Å². The normalized spacial score (nSPS) is 12.4. The second-order valence-electron chi connectivity index (χ2n) is 4.32. The molecule has 1 aromatic carbocycles. The van der Waals surface area contributed by atoms with Crippen molar-refractivity contribution in [2.75, 3.05) is 7.05 Å². The molecule has 0 aliphatic rings. The molecule has 0 fully saturated rings. The summed E-state index contributed by atoms with van der Waals surface area (Å²) in [4.78, 5) is 8.25. The van der Waals surface area contributed by atoms with Crippen LogP contribution in [-0.2, 0) is 0 Å². The zero-order chi connectivity index (χ0) is 14.7. The minimum absolute atomic E-state index is 0.854. The number of rotatable bonds is 3. The molecule has 2 heterocycles. The van der Waals surface area contributed by atoms with E-state index in [1.807, 2.05) is 35.1 Å². The van der Waals surface area contributed by atoms with Gasteiger partial charge in [-0.1, -0.05) is 28.1 Å². The quantitative estimate of drug-likeness (QED) is 0.692. The van der Waals surface area contributed by atoms with Crippen molar-refractivity contribution in [1.82, 2.24) is 9.66 Å². The Kier molecular flexibility index (Phi) is 4.17. The third kappa shape index (κ3) is 3.06. The van der Waals surface area contributed by atoms with Gasteiger partial charge in [0.05, 0.1) is 17.6 Å². The molecular formula is C15H13BrN4S. The third-order valence-corrected chi connectivity index (χ3v) is 4.33. The Labute approximate surface area is 134 Å². The number of hydrogen-bond acceptors (Lipinski definition) is 3. The highest BCUT2D eigenvalue weighted by Crippen LogP contribution is 2.23. The molecule has 0 radical (unpaired) electrons. The van der Waals surface area contributed by atoms with Crippen LogP contribution in [0.3, 0.4) is 0 Å². The van der Waals surface area contributed by atoms with Gasteiger partial charge in [-0.2, -0.15) is 5.10 Å². The number of aromatic nitrogens is 2. The Morgan fingerprint density at radius 1 is 1.29 bits per heavy atom. The summed E-state index contributed by atoms with van der Waals surface area (Å²) >= 11 is 5.08. The molecule has 0 saturated carbocycles. The Balaban J connectivity index is 2.09. The van der Waals surface area contributed by atoms with Crippen LogP contribution in [0.2, 0.25) is 0 Å². The van der Waals surface area contributed by atoms with Gasteiger partial charge in [-0.05, 0) is 24.3 Å². The molecule has 0 unspecified atom stereocenters. The predicted molar refractivity (Wildman–Crippen MR) is 90.7 cm³/mol. The number of aromatic amines is 1. The molecule has 3 rings (SSSR count). The van der Waals surface area contributed by atoms with E-state index in [1.54, 1.807) is 24.6 Å². The summed E-state index contributed by atoms with van der Waals surface area (Å²) in [7, 11) is 1.77. The van der Waals surface area contributed by atoms with Gasteiger partial charge < -0.3 is 4.98 Å². The highest BCUT2D eigenvalue weighted by molar-refractivity contribution is 9.10. The van der Waals surface area contributed by atoms with Gasteiger partial charge in [-0.25, -0.2) is 4.68 Å². The largest absolute Gasteiger partial charge is 0.360 e. The molecular weight excluding hydrogens is 348 g/mol. The molecule has 0 saturated heterocycles. The lowest BCUT2D eigenvalue weighted by atomic mass is 10.2. The van der Waals surface area contributed by atoms with E-state index in [9.17, 15) is 0 Å². The average Bonchev–Trinajstić information content (AvgIpc) is 3.14. The van der Waals surface area contributed by atoms with Gasteiger partial charge in [0.15, 0.2) is 0 Å². The summed E-state index contributed by atoms with van der Waals surface area (Å²) in [5, 5.41) is 6.61. The maximum atomic E-state index is 4.55. The number of hydrogen-bond donors (Lipinski definition) is 1. The maximum Gasteiger partial charge on any atom is 0.205 e. The van der Waals surface area contributed by atoms with Gasteiger partial charge in [-0.3, -0.25) is 4.99 Å². The summed E-state index contributed by atoms with van der Waals surface area (Å²) in [6.07, 6.45) is 3.67. The lowest BCUT2D eigenvalue weighted by molar-refractivity contribution is 0.848. The van der Waals surface area contributed by atoms with Crippen molar-refractivity contribution in [2.24, 2.45) is 10.1 Å². The number of nitrogens with zero attached hydrogens (tertiary/aromatic N) is 3. The van der Waals surface area contributed by atoms with Gasteiger partial charge in [-0.15, -0.1) is 11.3 Å². The second kappa shape index (κ2) is 6.24. The zero-order valence-electron chi connectivity index (χ0n) is 11.3. The number of nitrogens with one attached hydrogen (secondary N) is 1. The van der Waals surface area contributed by atoms with Crippen molar-refractivity contribution in [1.29, 1.82) is 0 Å². The fourth-order valence-electron chi connectivity index (χ4n) is 1.95. The van der Waals surface area contributed by atoms with Gasteiger partial charge in [0.1, 0.15) is 0 Å². The van der Waals surface area contributed by atoms with E-state index >= 15 is 0 Å². The number of halogens is 1. The van der Waals surface area contributed by atoms with Crippen molar-refractivity contribution < 1.29 is 0 Å². The first kappa shape index (κ1) is 14.0. The number of thiazole rings is 1. The predicted octanol–water partition coefficient (Wildman–Crippen LogP) is 3.72. The third-order valence-electron chi connectivity index (χ3n) is 2.93. The first-order valence-corrected chi connectivity index (χ1v) is 8.02. The molecule has 4 nitrogen and oxygen atoms in total. The lowest BCUT2D eigenvalue weighted by Crippen LogP contribution is -2.11. The Morgan fingerprint density at radius 3 is 2.90 bits per heavy atom. The van der Waals surface area contributed by atoms with Crippen LogP contribution in [0.1, 0.15) is 5.69 Å². The van der Waals surface area contributed by atoms with Crippen LogP contribution in [-0.4, -0.2) is 22.9 Å². The molecule has 21 heavy (non-hydrogen) atoms. The fourth-order valence-corrected chi connectivity index (χ4v) is 3.16. The minimum Gasteiger partial charge on any atom is -0.360 e. The molecule has 6 heteroatoms. The van der Waals surface area contributed by atoms with Crippen LogP contribution in [0, 0.1) is 0 Å². The summed E-state index contributed by atoms with van der Waals surface area (Å²) in [6.45, 7) is 0. The zero-order valence-corrected chi connectivity index (χ0v) is 13.7. The molecule has 106 valence electrons. The summed E-state index contributed by atoms with van der Waals surface area (Å²) in [6, 6.07) is 12.1. The molecule has 0 amide bonds. The van der Waals surface area contributed by atoms with E-state index in [1.165, 1.54) is 0 Å². The van der Waals surface area contributed by atoms with Crippen molar-refractivity contribution in [3.05, 3.63) is 62.9 Å². The van der Waals surface area contributed by atoms with Crippen LogP contribution < -0.4 is 4.80 Å². The number of benzene rings is 1. The van der Waals surface area contributed by atoms with Gasteiger partial charge >= 0.3 is 0 Å². The Bertz CT molecular complexity index is 827. The Morgan fingerprint density at radius 2 is 2.19 bits per heavy atom. The van der Waals surface area contributed by atoms with Crippen LogP contribution in [0.25, 0.3) is 11.3 Å². The molecule has 3 aromatic rings. The first-order chi connectivity index (χ1) is 10.3. The van der Waals surface area contributed by atoms with Crippen molar-refractivity contribution in [2.45, 2.75) is 0 Å². The maximum absolute atomic E-state index is 4.55. The molecule has 0 bridgehead atoms. The lowest BCUT2D eigenvalue weighted by Gasteiger charge is -2.03. The van der Waals surface area contributed by atoms with E-state index in [-0.39, 0.29) is 0 Å². The summed E-state index contributed by atoms with van der Waals surface area (Å²) < 4.78 is 2.90. The molecule has 0 aliphatic heterocycles. The molecule has 0 atom stereocenters. The minimum atomic E-state index is 0.854. The van der Waals surface area contributed by atoms with Gasteiger partial charge in [0.2, 0.25) is 4.80 Å². The smallest absolute Gasteiger partial charge is 0.205 e. The summed E-state index contributed by atoms with van der Waals surface area (Å²) in [5.41, 5.74) is 3.07. The molecule has 2 aromatic heterocycles. The van der Waals surface area contributed by atoms with E-state index in [0.29, 0.717) is 0 Å². The standard InChI is InChI=1S/C15H13BrN4S/c1-17-15-20(19-9-13-6-3-7-18-13)14(10-21-15)11-4-2-5-12(16)8-11/h2-10,18H,1H3. The van der Waals surface area contributed by atoms with Crippen LogP contribution >= 0.6 is 27.3 Å². The van der Waals surface area contributed by atoms with E-state index in [0.717, 1.165) is 26.2 Å². The van der Waals surface area contributed by atoms with Gasteiger partial charge in [0, 0.05) is 28.7 Å². The average molecular weight is 361 g/mol. The van der Waals surface area contributed by atoms with Crippen molar-refractivity contribution in [3.8, 4) is 11.3 Å². The van der Waals surface area contributed by atoms with Crippen LogP contribution in [0.4, 0.5) is 0 Å². The highest BCUT2D eigenvalue weighted by Gasteiger charge is 2.07. The SMILES string of the molecule is CN=c1scc(-c2cccc(Br)c2)n1N=Cc1ccc[nH]1. The van der Waals surface area contributed by atoms with E-state index < -0.39 is 0 Å². The molecule has 0 aliphatic carbocycles. The van der Waals surface area contributed by atoms with Crippen molar-refractivity contribution >= 4 is 33.5 Å². The molecule has 1 N–H and O–H groups in total. The van der Waals surface area contributed by atoms with E-state index in [4.69, 9.17) is 0 Å². The first-order valence-electron chi connectivity index (χ1n) is 6.35. The van der Waals surface area contributed by atoms with Crippen LogP contribution in [0.15, 0.2) is 62.5 Å². The summed E-state index contributed by atoms with van der Waals surface area (Å²) in [5.74, 6) is 0. The number of H-pyrrole nitrogens is 1.